The third-order valence-corrected chi connectivity index (χ3v) is 3.74. The van der Waals surface area contributed by atoms with E-state index in [1.54, 1.807) is 18.3 Å². The van der Waals surface area contributed by atoms with Gasteiger partial charge in [0.05, 0.1) is 12.1 Å². The predicted octanol–water partition coefficient (Wildman–Crippen LogP) is 1.51. The smallest absolute Gasteiger partial charge is 0.254 e. The second-order valence-electron chi connectivity index (χ2n) is 4.50. The van der Waals surface area contributed by atoms with Gasteiger partial charge < -0.3 is 4.90 Å². The van der Waals surface area contributed by atoms with Gasteiger partial charge in [-0.2, -0.15) is 5.26 Å². The van der Waals surface area contributed by atoms with E-state index in [4.69, 9.17) is 5.26 Å². The molecule has 1 amide bonds. The average molecular weight is 323 g/mol. The van der Waals surface area contributed by atoms with Crippen LogP contribution in [0, 0.1) is 11.3 Å². The van der Waals surface area contributed by atoms with Gasteiger partial charge in [0.1, 0.15) is 4.60 Å². The van der Waals surface area contributed by atoms with Gasteiger partial charge in [-0.25, -0.2) is 4.98 Å². The monoisotopic (exact) mass is 322 g/mol. The molecule has 0 aliphatic carbocycles. The lowest BCUT2D eigenvalue weighted by Crippen LogP contribution is -2.51. The fourth-order valence-corrected chi connectivity index (χ4v) is 2.48. The summed E-state index contributed by atoms with van der Waals surface area (Å²) in [5, 5.41) is 8.89. The van der Waals surface area contributed by atoms with Crippen LogP contribution >= 0.6 is 15.9 Å². The molecule has 1 aromatic heterocycles. The van der Waals surface area contributed by atoms with Gasteiger partial charge in [-0.05, 0) is 35.0 Å². The molecular weight excluding hydrogens is 308 g/mol. The molecule has 5 nitrogen and oxygen atoms in total. The molecule has 0 saturated carbocycles. The molecule has 2 rings (SSSR count). The van der Waals surface area contributed by atoms with Gasteiger partial charge in [-0.3, -0.25) is 9.69 Å². The number of amides is 1. The van der Waals surface area contributed by atoms with E-state index in [0.29, 0.717) is 23.3 Å². The molecule has 1 unspecified atom stereocenters. The Balaban J connectivity index is 1.98. The summed E-state index contributed by atoms with van der Waals surface area (Å²) in [4.78, 5) is 20.2. The fraction of sp³-hybridized carbons (Fsp3) is 0.462. The minimum atomic E-state index is -0.0904. The minimum absolute atomic E-state index is 0.0207. The zero-order valence-electron chi connectivity index (χ0n) is 10.7. The molecule has 2 heterocycles. The molecular formula is C13H15BrN4O. The van der Waals surface area contributed by atoms with Crippen molar-refractivity contribution >= 4 is 21.8 Å². The molecule has 1 saturated heterocycles. The normalized spacial score (nSPS) is 17.8. The highest BCUT2D eigenvalue weighted by atomic mass is 79.9. The van der Waals surface area contributed by atoms with Crippen LogP contribution in [0.1, 0.15) is 17.3 Å². The first kappa shape index (κ1) is 14.0. The number of halogens is 1. The van der Waals surface area contributed by atoms with E-state index in [0.717, 1.165) is 13.1 Å². The quantitative estimate of drug-likeness (QED) is 0.774. The Bertz CT molecular complexity index is 506. The van der Waals surface area contributed by atoms with Crippen LogP contribution in [0.25, 0.3) is 0 Å². The first-order valence-corrected chi connectivity index (χ1v) is 6.95. The van der Waals surface area contributed by atoms with Crippen molar-refractivity contribution in [2.45, 2.75) is 13.0 Å². The summed E-state index contributed by atoms with van der Waals surface area (Å²) in [5.74, 6) is 0.0207. The van der Waals surface area contributed by atoms with E-state index in [9.17, 15) is 4.79 Å². The van der Waals surface area contributed by atoms with E-state index in [-0.39, 0.29) is 11.9 Å². The number of hydrogen-bond acceptors (Lipinski definition) is 4. The van der Waals surface area contributed by atoms with Gasteiger partial charge in [-0.1, -0.05) is 0 Å². The number of carbonyl (C=O) groups excluding carboxylic acids is 1. The Morgan fingerprint density at radius 3 is 2.74 bits per heavy atom. The molecule has 0 N–H and O–H groups in total. The molecule has 0 bridgehead atoms. The first-order chi connectivity index (χ1) is 9.11. The second-order valence-corrected chi connectivity index (χ2v) is 5.31. The Morgan fingerprint density at radius 1 is 1.47 bits per heavy atom. The number of aromatic nitrogens is 1. The van der Waals surface area contributed by atoms with Crippen molar-refractivity contribution in [3.63, 3.8) is 0 Å². The summed E-state index contributed by atoms with van der Waals surface area (Å²) in [7, 11) is 0. The fourth-order valence-electron chi connectivity index (χ4n) is 2.11. The lowest BCUT2D eigenvalue weighted by Gasteiger charge is -2.35. The van der Waals surface area contributed by atoms with Crippen molar-refractivity contribution in [2.24, 2.45) is 0 Å². The van der Waals surface area contributed by atoms with Crippen LogP contribution in [0.3, 0.4) is 0 Å². The number of rotatable bonds is 2. The number of carbonyl (C=O) groups is 1. The van der Waals surface area contributed by atoms with E-state index in [2.05, 4.69) is 31.9 Å². The molecule has 0 spiro atoms. The maximum atomic E-state index is 12.3. The number of nitrogens with zero attached hydrogens (tertiary/aromatic N) is 4. The summed E-state index contributed by atoms with van der Waals surface area (Å²) in [6.45, 7) is 4.69. The van der Waals surface area contributed by atoms with E-state index in [1.807, 2.05) is 11.8 Å². The number of piperazine rings is 1. The van der Waals surface area contributed by atoms with Crippen LogP contribution in [0.5, 0.6) is 0 Å². The first-order valence-electron chi connectivity index (χ1n) is 6.16. The SMILES string of the molecule is CC(C#N)N1CCN(C(=O)c2ccnc(Br)c2)CC1. The van der Waals surface area contributed by atoms with Crippen LogP contribution in [0.2, 0.25) is 0 Å². The van der Waals surface area contributed by atoms with Gasteiger partial charge in [0.2, 0.25) is 0 Å². The van der Waals surface area contributed by atoms with Gasteiger partial charge >= 0.3 is 0 Å². The molecule has 1 atom stereocenters. The van der Waals surface area contributed by atoms with Crippen molar-refractivity contribution in [1.82, 2.24) is 14.8 Å². The summed E-state index contributed by atoms with van der Waals surface area (Å²) in [6, 6.07) is 5.58. The number of pyridine rings is 1. The third-order valence-electron chi connectivity index (χ3n) is 3.31. The third kappa shape index (κ3) is 3.31. The predicted molar refractivity (Wildman–Crippen MR) is 74.5 cm³/mol. The van der Waals surface area contributed by atoms with Gasteiger partial charge in [0.15, 0.2) is 0 Å². The van der Waals surface area contributed by atoms with Crippen LogP contribution < -0.4 is 0 Å². The summed E-state index contributed by atoms with van der Waals surface area (Å²) < 4.78 is 0.662. The second kappa shape index (κ2) is 6.13. The minimum Gasteiger partial charge on any atom is -0.336 e. The van der Waals surface area contributed by atoms with Crippen LogP contribution in [0.15, 0.2) is 22.9 Å². The van der Waals surface area contributed by atoms with Crippen LogP contribution in [-0.4, -0.2) is 52.9 Å². The maximum Gasteiger partial charge on any atom is 0.254 e. The van der Waals surface area contributed by atoms with Crippen molar-refractivity contribution in [2.75, 3.05) is 26.2 Å². The topological polar surface area (TPSA) is 60.2 Å². The highest BCUT2D eigenvalue weighted by Gasteiger charge is 2.24. The van der Waals surface area contributed by atoms with Crippen molar-refractivity contribution in [1.29, 1.82) is 5.26 Å². The summed E-state index contributed by atoms with van der Waals surface area (Å²) in [5.41, 5.74) is 0.642. The van der Waals surface area contributed by atoms with E-state index in [1.165, 1.54) is 0 Å². The molecule has 1 aromatic rings. The standard InChI is InChI=1S/C13H15BrN4O/c1-10(9-15)17-4-6-18(7-5-17)13(19)11-2-3-16-12(14)8-11/h2-3,8,10H,4-7H2,1H3. The molecule has 1 aliphatic rings. The molecule has 1 aliphatic heterocycles. The number of hydrogen-bond donors (Lipinski definition) is 0. The van der Waals surface area contributed by atoms with Gasteiger partial charge in [0, 0.05) is 37.9 Å². The van der Waals surface area contributed by atoms with E-state index >= 15 is 0 Å². The van der Waals surface area contributed by atoms with Crippen LogP contribution in [0.4, 0.5) is 0 Å². The van der Waals surface area contributed by atoms with Crippen molar-refractivity contribution in [3.8, 4) is 6.07 Å². The lowest BCUT2D eigenvalue weighted by molar-refractivity contribution is 0.0615. The molecule has 1 fully saturated rings. The molecule has 19 heavy (non-hydrogen) atoms. The summed E-state index contributed by atoms with van der Waals surface area (Å²) in [6.07, 6.45) is 1.62. The zero-order valence-corrected chi connectivity index (χ0v) is 12.3. The van der Waals surface area contributed by atoms with Crippen molar-refractivity contribution < 1.29 is 4.79 Å². The lowest BCUT2D eigenvalue weighted by atomic mass is 10.2. The highest BCUT2D eigenvalue weighted by molar-refractivity contribution is 9.10. The Morgan fingerprint density at radius 2 is 2.16 bits per heavy atom. The van der Waals surface area contributed by atoms with Crippen LogP contribution in [-0.2, 0) is 0 Å². The van der Waals surface area contributed by atoms with Crippen molar-refractivity contribution in [3.05, 3.63) is 28.5 Å². The van der Waals surface area contributed by atoms with Gasteiger partial charge in [-0.15, -0.1) is 0 Å². The Hall–Kier alpha value is -1.45. The Kier molecular flexibility index (Phi) is 4.51. The highest BCUT2D eigenvalue weighted by Crippen LogP contribution is 2.13. The van der Waals surface area contributed by atoms with Gasteiger partial charge in [0.25, 0.3) is 5.91 Å². The molecule has 0 radical (unpaired) electrons. The maximum absolute atomic E-state index is 12.3. The summed E-state index contributed by atoms with van der Waals surface area (Å²) >= 11 is 3.27. The molecule has 0 aromatic carbocycles. The molecule has 100 valence electrons. The molecule has 6 heteroatoms. The largest absolute Gasteiger partial charge is 0.336 e. The van der Waals surface area contributed by atoms with E-state index < -0.39 is 0 Å². The average Bonchev–Trinajstić information content (AvgIpc) is 2.46. The zero-order chi connectivity index (χ0) is 13.8. The Labute approximate surface area is 121 Å². The number of nitriles is 1.